The summed E-state index contributed by atoms with van der Waals surface area (Å²) in [6, 6.07) is -0.251. The third-order valence-corrected chi connectivity index (χ3v) is 5.92. The smallest absolute Gasteiger partial charge is 0.351 e. The Labute approximate surface area is 136 Å². The molecule has 0 aromatic rings. The van der Waals surface area contributed by atoms with Gasteiger partial charge < -0.3 is 10.2 Å². The summed E-state index contributed by atoms with van der Waals surface area (Å²) >= 11 is 1.68. The van der Waals surface area contributed by atoms with E-state index in [9.17, 15) is 22.8 Å². The summed E-state index contributed by atoms with van der Waals surface area (Å²) in [6.07, 6.45) is -1.99. The van der Waals surface area contributed by atoms with Crippen molar-refractivity contribution in [3.05, 3.63) is 11.6 Å². The molecule has 3 atom stereocenters. The van der Waals surface area contributed by atoms with Crippen LogP contribution in [0.1, 0.15) is 19.8 Å². The molecule has 1 saturated carbocycles. The zero-order valence-corrected chi connectivity index (χ0v) is 13.6. The number of halogens is 3. The highest BCUT2D eigenvalue weighted by molar-refractivity contribution is 7.99. The largest absolute Gasteiger partial charge is 0.395 e. The van der Waals surface area contributed by atoms with Crippen molar-refractivity contribution >= 4 is 23.6 Å². The van der Waals surface area contributed by atoms with E-state index >= 15 is 0 Å². The fourth-order valence-electron chi connectivity index (χ4n) is 3.16. The third-order valence-electron chi connectivity index (χ3n) is 5.00. The maximum absolute atomic E-state index is 12.8. The van der Waals surface area contributed by atoms with Crippen LogP contribution < -0.4 is 5.32 Å². The topological polar surface area (TPSA) is 49.4 Å². The van der Waals surface area contributed by atoms with Gasteiger partial charge in [-0.2, -0.15) is 24.9 Å². The predicted molar refractivity (Wildman–Crippen MR) is 80.8 cm³/mol. The SMILES string of the molecule is C[C@]1(C(F)(F)F)C[C@@H]1C(=O)NC1CCN(C(=O)C2=CCSC2)C1. The second-order valence-corrected chi connectivity index (χ2v) is 7.69. The van der Waals surface area contributed by atoms with E-state index in [1.807, 2.05) is 6.08 Å². The lowest BCUT2D eigenvalue weighted by molar-refractivity contribution is -0.187. The van der Waals surface area contributed by atoms with Crippen LogP contribution in [-0.2, 0) is 9.59 Å². The number of rotatable bonds is 3. The fourth-order valence-corrected chi connectivity index (χ4v) is 4.06. The molecule has 2 aliphatic heterocycles. The Morgan fingerprint density at radius 1 is 1.43 bits per heavy atom. The first-order valence-electron chi connectivity index (χ1n) is 7.65. The maximum atomic E-state index is 12.8. The third kappa shape index (κ3) is 3.09. The lowest BCUT2D eigenvalue weighted by atomic mass is 10.1. The van der Waals surface area contributed by atoms with Crippen LogP contribution in [0.4, 0.5) is 13.2 Å². The van der Waals surface area contributed by atoms with Crippen LogP contribution in [0.5, 0.6) is 0 Å². The van der Waals surface area contributed by atoms with E-state index in [-0.39, 0.29) is 18.4 Å². The van der Waals surface area contributed by atoms with E-state index in [2.05, 4.69) is 5.32 Å². The molecule has 0 aromatic heterocycles. The highest BCUT2D eigenvalue weighted by Crippen LogP contribution is 2.62. The Morgan fingerprint density at radius 3 is 2.74 bits per heavy atom. The van der Waals surface area contributed by atoms with Crippen molar-refractivity contribution in [2.45, 2.75) is 32.0 Å². The minimum absolute atomic E-state index is 0.0155. The average Bonchev–Trinajstić information content (AvgIpc) is 2.88. The molecule has 0 radical (unpaired) electrons. The molecule has 2 fully saturated rings. The highest BCUT2D eigenvalue weighted by atomic mass is 32.2. The van der Waals surface area contributed by atoms with Crippen molar-refractivity contribution in [1.29, 1.82) is 0 Å². The number of thioether (sulfide) groups is 1. The predicted octanol–water partition coefficient (Wildman–Crippen LogP) is 1.97. The molecule has 8 heteroatoms. The number of carbonyl (C=O) groups excluding carboxylic acids is 2. The zero-order chi connectivity index (χ0) is 16.8. The van der Waals surface area contributed by atoms with Crippen molar-refractivity contribution < 1.29 is 22.8 Å². The molecular formula is C15H19F3N2O2S. The van der Waals surface area contributed by atoms with Gasteiger partial charge in [-0.25, -0.2) is 0 Å². The van der Waals surface area contributed by atoms with Gasteiger partial charge in [-0.3, -0.25) is 9.59 Å². The molecule has 0 spiro atoms. The Hall–Kier alpha value is -1.18. The Balaban J connectivity index is 1.51. The quantitative estimate of drug-likeness (QED) is 0.848. The molecule has 23 heavy (non-hydrogen) atoms. The first kappa shape index (κ1) is 16.7. The number of nitrogens with one attached hydrogen (secondary N) is 1. The molecule has 3 rings (SSSR count). The van der Waals surface area contributed by atoms with E-state index in [1.165, 1.54) is 0 Å². The van der Waals surface area contributed by atoms with Gasteiger partial charge in [-0.1, -0.05) is 13.0 Å². The summed E-state index contributed by atoms with van der Waals surface area (Å²) in [7, 11) is 0. The van der Waals surface area contributed by atoms with Crippen molar-refractivity contribution in [2.24, 2.45) is 11.3 Å². The molecule has 1 N–H and O–H groups in total. The molecule has 128 valence electrons. The summed E-state index contributed by atoms with van der Waals surface area (Å²) < 4.78 is 38.5. The van der Waals surface area contributed by atoms with Gasteiger partial charge in [0.25, 0.3) is 0 Å². The normalized spacial score (nSPS) is 33.6. The van der Waals surface area contributed by atoms with Gasteiger partial charge in [0.2, 0.25) is 11.8 Å². The van der Waals surface area contributed by atoms with E-state index in [0.29, 0.717) is 25.3 Å². The van der Waals surface area contributed by atoms with Crippen LogP contribution in [0.15, 0.2) is 11.6 Å². The zero-order valence-electron chi connectivity index (χ0n) is 12.8. The lowest BCUT2D eigenvalue weighted by Crippen LogP contribution is -2.41. The molecule has 1 unspecified atom stereocenters. The van der Waals surface area contributed by atoms with Gasteiger partial charge in [0.15, 0.2) is 0 Å². The molecule has 0 aromatic carbocycles. The second kappa shape index (κ2) is 5.72. The molecule has 1 aliphatic carbocycles. The van der Waals surface area contributed by atoms with Gasteiger partial charge in [0.1, 0.15) is 0 Å². The van der Waals surface area contributed by atoms with Crippen LogP contribution in [0.2, 0.25) is 0 Å². The summed E-state index contributed by atoms with van der Waals surface area (Å²) in [5, 5.41) is 2.69. The summed E-state index contributed by atoms with van der Waals surface area (Å²) in [6.45, 7) is 2.00. The second-order valence-electron chi connectivity index (χ2n) is 6.66. The van der Waals surface area contributed by atoms with Crippen LogP contribution in [0, 0.1) is 11.3 Å². The molecule has 2 amide bonds. The highest BCUT2D eigenvalue weighted by Gasteiger charge is 2.69. The van der Waals surface area contributed by atoms with Crippen LogP contribution in [-0.4, -0.2) is 53.5 Å². The van der Waals surface area contributed by atoms with Crippen molar-refractivity contribution in [3.63, 3.8) is 0 Å². The van der Waals surface area contributed by atoms with E-state index in [0.717, 1.165) is 18.2 Å². The molecule has 0 bridgehead atoms. The van der Waals surface area contributed by atoms with E-state index < -0.39 is 23.4 Å². The molecule has 3 aliphatic rings. The van der Waals surface area contributed by atoms with Gasteiger partial charge >= 0.3 is 6.18 Å². The molecule has 2 heterocycles. The van der Waals surface area contributed by atoms with E-state index in [1.54, 1.807) is 16.7 Å². The summed E-state index contributed by atoms with van der Waals surface area (Å²) in [4.78, 5) is 25.9. The van der Waals surface area contributed by atoms with Crippen molar-refractivity contribution in [2.75, 3.05) is 24.6 Å². The minimum Gasteiger partial charge on any atom is -0.351 e. The molecule has 1 saturated heterocycles. The average molecular weight is 348 g/mol. The van der Waals surface area contributed by atoms with Gasteiger partial charge in [0.05, 0.1) is 11.3 Å². The number of likely N-dealkylation sites (tertiary alicyclic amines) is 1. The molecular weight excluding hydrogens is 329 g/mol. The number of alkyl halides is 3. The summed E-state index contributed by atoms with van der Waals surface area (Å²) in [5.41, 5.74) is -1.11. The minimum atomic E-state index is -4.35. The number of carbonyl (C=O) groups is 2. The van der Waals surface area contributed by atoms with Gasteiger partial charge in [-0.15, -0.1) is 0 Å². The lowest BCUT2D eigenvalue weighted by Gasteiger charge is -2.19. The Kier molecular flexibility index (Phi) is 4.14. The number of hydrogen-bond donors (Lipinski definition) is 1. The Morgan fingerprint density at radius 2 is 2.17 bits per heavy atom. The first-order valence-corrected chi connectivity index (χ1v) is 8.81. The molecule has 4 nitrogen and oxygen atoms in total. The fraction of sp³-hybridized carbons (Fsp3) is 0.733. The number of amides is 2. The van der Waals surface area contributed by atoms with Crippen LogP contribution in [0.25, 0.3) is 0 Å². The first-order chi connectivity index (χ1) is 10.7. The number of nitrogens with zero attached hydrogens (tertiary/aromatic N) is 1. The van der Waals surface area contributed by atoms with Gasteiger partial charge in [0, 0.05) is 36.2 Å². The Bertz CT molecular complexity index is 563. The van der Waals surface area contributed by atoms with Crippen molar-refractivity contribution in [1.82, 2.24) is 10.2 Å². The monoisotopic (exact) mass is 348 g/mol. The summed E-state index contributed by atoms with van der Waals surface area (Å²) in [5.74, 6) is -0.00947. The van der Waals surface area contributed by atoms with Crippen LogP contribution in [0.3, 0.4) is 0 Å². The van der Waals surface area contributed by atoms with Crippen molar-refractivity contribution in [3.8, 4) is 0 Å². The number of hydrogen-bond acceptors (Lipinski definition) is 3. The maximum Gasteiger partial charge on any atom is 0.395 e. The van der Waals surface area contributed by atoms with Crippen LogP contribution >= 0.6 is 11.8 Å². The standard InChI is InChI=1S/C15H19F3N2O2S/c1-14(15(16,17)18)6-11(14)12(21)19-10-2-4-20(7-10)13(22)9-3-5-23-8-9/h3,10-11H,2,4-8H2,1H3,(H,19,21)/t10?,11-,14+/m1/s1. The van der Waals surface area contributed by atoms with E-state index in [4.69, 9.17) is 0 Å². The van der Waals surface area contributed by atoms with Gasteiger partial charge in [-0.05, 0) is 12.8 Å².